The van der Waals surface area contributed by atoms with Gasteiger partial charge in [-0.2, -0.15) is 10.1 Å². The van der Waals surface area contributed by atoms with Crippen molar-refractivity contribution in [1.29, 1.82) is 0 Å². The standard InChI is InChI=1S/C21H26N6O2/c1-2-17-18(22-7-1)12-19(27-8-10-28-11-9-27)25-21(17)29-13-15-3-5-16(6-4-15)20-23-14-24-26-20/h1-2,7,12,14-16H,3-6,8-11,13H2,(H,23,24,26)/t15-,16+. The minimum atomic E-state index is 0.488. The number of fused-ring (bicyclic) bond motifs is 1. The molecule has 8 heteroatoms. The first-order valence-electron chi connectivity index (χ1n) is 10.4. The van der Waals surface area contributed by atoms with Gasteiger partial charge in [-0.1, -0.05) is 0 Å². The highest BCUT2D eigenvalue weighted by atomic mass is 16.5. The van der Waals surface area contributed by atoms with Crippen LogP contribution in [0, 0.1) is 5.92 Å². The van der Waals surface area contributed by atoms with Crippen LogP contribution in [0.2, 0.25) is 0 Å². The number of hydrogen-bond donors (Lipinski definition) is 1. The fourth-order valence-electron chi connectivity index (χ4n) is 4.31. The Kier molecular flexibility index (Phi) is 5.25. The van der Waals surface area contributed by atoms with E-state index in [-0.39, 0.29) is 0 Å². The fourth-order valence-corrected chi connectivity index (χ4v) is 4.31. The lowest BCUT2D eigenvalue weighted by Crippen LogP contribution is -2.36. The van der Waals surface area contributed by atoms with E-state index in [9.17, 15) is 0 Å². The normalized spacial score (nSPS) is 22.7. The van der Waals surface area contributed by atoms with Gasteiger partial charge in [0.1, 0.15) is 18.0 Å². The van der Waals surface area contributed by atoms with Gasteiger partial charge in [-0.15, -0.1) is 0 Å². The third kappa shape index (κ3) is 4.03. The van der Waals surface area contributed by atoms with E-state index in [1.807, 2.05) is 18.3 Å². The van der Waals surface area contributed by atoms with Crippen LogP contribution in [-0.4, -0.2) is 58.1 Å². The highest BCUT2D eigenvalue weighted by molar-refractivity contribution is 5.85. The monoisotopic (exact) mass is 394 g/mol. The van der Waals surface area contributed by atoms with Crippen molar-refractivity contribution in [3.63, 3.8) is 0 Å². The number of ether oxygens (including phenoxy) is 2. The molecule has 1 saturated heterocycles. The maximum absolute atomic E-state index is 6.27. The Morgan fingerprint density at radius 2 is 2.00 bits per heavy atom. The second-order valence-corrected chi connectivity index (χ2v) is 7.85. The molecule has 1 N–H and O–H groups in total. The summed E-state index contributed by atoms with van der Waals surface area (Å²) in [7, 11) is 0. The number of pyridine rings is 2. The number of aromatic nitrogens is 5. The van der Waals surface area contributed by atoms with Crippen molar-refractivity contribution >= 4 is 16.7 Å². The fraction of sp³-hybridized carbons (Fsp3) is 0.524. The van der Waals surface area contributed by atoms with Gasteiger partial charge in [0.2, 0.25) is 5.88 Å². The van der Waals surface area contributed by atoms with Gasteiger partial charge < -0.3 is 14.4 Å². The van der Waals surface area contributed by atoms with E-state index in [0.717, 1.165) is 74.5 Å². The van der Waals surface area contributed by atoms with E-state index in [0.29, 0.717) is 24.3 Å². The molecule has 1 saturated carbocycles. The van der Waals surface area contributed by atoms with Gasteiger partial charge >= 0.3 is 0 Å². The summed E-state index contributed by atoms with van der Waals surface area (Å²) in [6.45, 7) is 3.83. The number of nitrogens with zero attached hydrogens (tertiary/aromatic N) is 5. The van der Waals surface area contributed by atoms with Gasteiger partial charge in [0.25, 0.3) is 0 Å². The lowest BCUT2D eigenvalue weighted by atomic mass is 9.82. The average molecular weight is 394 g/mol. The number of nitrogens with one attached hydrogen (secondary N) is 1. The largest absolute Gasteiger partial charge is 0.477 e. The summed E-state index contributed by atoms with van der Waals surface area (Å²) in [5, 5.41) is 7.97. The van der Waals surface area contributed by atoms with Crippen molar-refractivity contribution in [3.8, 4) is 5.88 Å². The predicted molar refractivity (Wildman–Crippen MR) is 109 cm³/mol. The number of morpholine rings is 1. The SMILES string of the molecule is c1cnc2cc(N3CCOCC3)nc(OC[C@H]3CC[C@@H](c4ncn[nH]4)CC3)c2c1. The molecule has 4 heterocycles. The molecule has 2 aliphatic rings. The first kappa shape index (κ1) is 18.3. The Hall–Kier alpha value is -2.74. The first-order valence-corrected chi connectivity index (χ1v) is 10.4. The van der Waals surface area contributed by atoms with Crippen LogP contribution < -0.4 is 9.64 Å². The van der Waals surface area contributed by atoms with Crippen LogP contribution in [0.4, 0.5) is 5.82 Å². The van der Waals surface area contributed by atoms with Gasteiger partial charge in [-0.25, -0.2) is 4.98 Å². The second-order valence-electron chi connectivity index (χ2n) is 7.85. The molecule has 0 amide bonds. The Labute approximate surface area is 169 Å². The van der Waals surface area contributed by atoms with Crippen molar-refractivity contribution in [3.05, 3.63) is 36.5 Å². The maximum Gasteiger partial charge on any atom is 0.224 e. The maximum atomic E-state index is 6.27. The van der Waals surface area contributed by atoms with Crippen LogP contribution >= 0.6 is 0 Å². The topological polar surface area (TPSA) is 89.1 Å². The molecule has 3 aromatic heterocycles. The summed E-state index contributed by atoms with van der Waals surface area (Å²) in [4.78, 5) is 15.9. The van der Waals surface area contributed by atoms with Gasteiger partial charge in [-0.05, 0) is 43.7 Å². The highest BCUT2D eigenvalue weighted by Gasteiger charge is 2.25. The summed E-state index contributed by atoms with van der Waals surface area (Å²) >= 11 is 0. The third-order valence-corrected chi connectivity index (χ3v) is 6.01. The van der Waals surface area contributed by atoms with Crippen molar-refractivity contribution in [1.82, 2.24) is 25.1 Å². The Balaban J connectivity index is 1.28. The van der Waals surface area contributed by atoms with E-state index in [1.54, 1.807) is 6.33 Å². The van der Waals surface area contributed by atoms with Crippen LogP contribution in [0.25, 0.3) is 10.9 Å². The minimum Gasteiger partial charge on any atom is -0.477 e. The number of aromatic amines is 1. The molecular weight excluding hydrogens is 368 g/mol. The van der Waals surface area contributed by atoms with Crippen LogP contribution in [0.5, 0.6) is 5.88 Å². The molecule has 152 valence electrons. The summed E-state index contributed by atoms with van der Waals surface area (Å²) in [6, 6.07) is 6.03. The number of anilines is 1. The molecule has 1 aliphatic heterocycles. The van der Waals surface area contributed by atoms with Crippen LogP contribution in [0.3, 0.4) is 0 Å². The Bertz CT molecular complexity index is 934. The average Bonchev–Trinajstić information content (AvgIpc) is 3.33. The molecule has 0 radical (unpaired) electrons. The van der Waals surface area contributed by atoms with Gasteiger partial charge in [-0.3, -0.25) is 10.1 Å². The number of rotatable bonds is 5. The second kappa shape index (κ2) is 8.32. The predicted octanol–water partition coefficient (Wildman–Crippen LogP) is 2.94. The van der Waals surface area contributed by atoms with Crippen LogP contribution in [0.1, 0.15) is 37.4 Å². The van der Waals surface area contributed by atoms with E-state index in [4.69, 9.17) is 14.5 Å². The summed E-state index contributed by atoms with van der Waals surface area (Å²) < 4.78 is 11.7. The molecule has 0 spiro atoms. The molecule has 0 aromatic carbocycles. The van der Waals surface area contributed by atoms with E-state index in [2.05, 4.69) is 31.1 Å². The van der Waals surface area contributed by atoms with Gasteiger partial charge in [0, 0.05) is 31.3 Å². The molecule has 8 nitrogen and oxygen atoms in total. The molecule has 5 rings (SSSR count). The molecule has 1 aliphatic carbocycles. The molecule has 29 heavy (non-hydrogen) atoms. The van der Waals surface area contributed by atoms with Crippen molar-refractivity contribution in [2.75, 3.05) is 37.8 Å². The lowest BCUT2D eigenvalue weighted by molar-refractivity contribution is 0.122. The Morgan fingerprint density at radius 3 is 2.79 bits per heavy atom. The molecule has 3 aromatic rings. The first-order chi connectivity index (χ1) is 14.4. The van der Waals surface area contributed by atoms with Gasteiger partial charge in [0.15, 0.2) is 0 Å². The zero-order valence-corrected chi connectivity index (χ0v) is 16.5. The quantitative estimate of drug-likeness (QED) is 0.712. The van der Waals surface area contributed by atoms with Crippen LogP contribution in [-0.2, 0) is 4.74 Å². The molecule has 0 unspecified atom stereocenters. The minimum absolute atomic E-state index is 0.488. The summed E-state index contributed by atoms with van der Waals surface area (Å²) in [5.74, 6) is 3.65. The van der Waals surface area contributed by atoms with Crippen molar-refractivity contribution < 1.29 is 9.47 Å². The third-order valence-electron chi connectivity index (χ3n) is 6.01. The highest BCUT2D eigenvalue weighted by Crippen LogP contribution is 2.35. The lowest BCUT2D eigenvalue weighted by Gasteiger charge is -2.29. The molecule has 0 atom stereocenters. The molecule has 0 bridgehead atoms. The smallest absolute Gasteiger partial charge is 0.224 e. The number of hydrogen-bond acceptors (Lipinski definition) is 7. The number of H-pyrrole nitrogens is 1. The van der Waals surface area contributed by atoms with Crippen molar-refractivity contribution in [2.45, 2.75) is 31.6 Å². The van der Waals surface area contributed by atoms with Crippen molar-refractivity contribution in [2.24, 2.45) is 5.92 Å². The summed E-state index contributed by atoms with van der Waals surface area (Å²) in [6.07, 6.45) is 7.91. The van der Waals surface area contributed by atoms with Crippen LogP contribution in [0.15, 0.2) is 30.7 Å². The Morgan fingerprint density at radius 1 is 1.14 bits per heavy atom. The molecule has 2 fully saturated rings. The van der Waals surface area contributed by atoms with Gasteiger partial charge in [0.05, 0.1) is 30.7 Å². The summed E-state index contributed by atoms with van der Waals surface area (Å²) in [5.41, 5.74) is 0.924. The molecular formula is C21H26N6O2. The van der Waals surface area contributed by atoms with E-state index in [1.165, 1.54) is 0 Å². The van der Waals surface area contributed by atoms with E-state index < -0.39 is 0 Å². The van der Waals surface area contributed by atoms with E-state index >= 15 is 0 Å². The zero-order valence-electron chi connectivity index (χ0n) is 16.5. The zero-order chi connectivity index (χ0) is 19.5.